The van der Waals surface area contributed by atoms with Crippen LogP contribution in [-0.2, 0) is 9.47 Å². The smallest absolute Gasteiger partial charge is 0.335 e. The Hall–Kier alpha value is -3.98. The van der Waals surface area contributed by atoms with Gasteiger partial charge in [-0.2, -0.15) is 0 Å². The standard InChI is InChI=1S/C22H48N2O2.2C7H6O5/c1-3-5-7-9-11-13-15-23-17-19-25-21-22-26-20-18-24-16-14-12-10-8-6-4-2;2*8-4-1-3(7(11)12)2-5(9)6(4)10/h23-24H,3-22H2,1-2H3;2*1-2,8-10H,(H,11,12). The number of carbonyl (C=O) groups is 2. The van der Waals surface area contributed by atoms with Crippen LogP contribution in [0.25, 0.3) is 0 Å². The van der Waals surface area contributed by atoms with E-state index >= 15 is 0 Å². The zero-order valence-electron chi connectivity index (χ0n) is 29.7. The van der Waals surface area contributed by atoms with E-state index in [9.17, 15) is 19.8 Å². The lowest BCUT2D eigenvalue weighted by molar-refractivity contribution is -0.657. The number of phenolic OH excluding ortho intramolecular Hbond substituents is 4. The number of benzene rings is 2. The van der Waals surface area contributed by atoms with Crippen LogP contribution in [0.4, 0.5) is 0 Å². The maximum absolute atomic E-state index is 10.7. The molecule has 14 nitrogen and oxygen atoms in total. The molecule has 0 amide bonds. The molecule has 2 rings (SSSR count). The molecule has 0 aliphatic heterocycles. The first-order valence-electron chi connectivity index (χ1n) is 17.7. The summed E-state index contributed by atoms with van der Waals surface area (Å²) < 4.78 is 11.2. The normalized spacial score (nSPS) is 10.5. The van der Waals surface area contributed by atoms with Gasteiger partial charge in [-0.05, 0) is 61.4 Å². The van der Waals surface area contributed by atoms with Crippen molar-refractivity contribution in [2.45, 2.75) is 90.9 Å². The number of carboxylic acid groups (broad SMARTS) is 2. The number of rotatable bonds is 25. The molecule has 10 N–H and O–H groups in total. The van der Waals surface area contributed by atoms with E-state index < -0.39 is 46.4 Å². The van der Waals surface area contributed by atoms with Crippen molar-refractivity contribution in [3.8, 4) is 34.5 Å². The van der Waals surface area contributed by atoms with Crippen LogP contribution in [0.3, 0.4) is 0 Å². The Kier molecular flexibility index (Phi) is 27.5. The van der Waals surface area contributed by atoms with Crippen molar-refractivity contribution >= 4 is 11.9 Å². The Bertz CT molecular complexity index is 1060. The molecule has 0 aromatic heterocycles. The van der Waals surface area contributed by atoms with Gasteiger partial charge in [0.2, 0.25) is 0 Å². The zero-order valence-corrected chi connectivity index (χ0v) is 29.7. The van der Waals surface area contributed by atoms with Gasteiger partial charge in [0.05, 0.1) is 63.7 Å². The second-order valence-corrected chi connectivity index (χ2v) is 11.8. The fourth-order valence-electron chi connectivity index (χ4n) is 4.53. The third kappa shape index (κ3) is 23.4. The average Bonchev–Trinajstić information content (AvgIpc) is 3.08. The van der Waals surface area contributed by atoms with Gasteiger partial charge in [0.1, 0.15) is 23.0 Å². The van der Waals surface area contributed by atoms with Crippen molar-refractivity contribution in [1.82, 2.24) is 0 Å². The quantitative estimate of drug-likeness (QED) is 0.0692. The lowest BCUT2D eigenvalue weighted by Crippen LogP contribution is -2.85. The van der Waals surface area contributed by atoms with E-state index in [0.29, 0.717) is 0 Å². The van der Waals surface area contributed by atoms with Crippen LogP contribution in [-0.4, -0.2) is 95.2 Å². The number of nitrogens with two attached hydrogens (primary N) is 2. The molecule has 0 atom stereocenters. The van der Waals surface area contributed by atoms with E-state index in [4.69, 9.17) is 40.1 Å². The van der Waals surface area contributed by atoms with Crippen LogP contribution in [0.2, 0.25) is 0 Å². The first-order chi connectivity index (χ1) is 24.0. The highest BCUT2D eigenvalue weighted by Gasteiger charge is 2.08. The van der Waals surface area contributed by atoms with Gasteiger partial charge < -0.3 is 61.0 Å². The highest BCUT2D eigenvalue weighted by Crippen LogP contribution is 2.33. The van der Waals surface area contributed by atoms with E-state index in [1.54, 1.807) is 0 Å². The Morgan fingerprint density at radius 3 is 1.12 bits per heavy atom. The maximum Gasteiger partial charge on any atom is 0.335 e. The first kappa shape index (κ1) is 46.0. The third-order valence-corrected chi connectivity index (χ3v) is 7.42. The number of phenols is 4. The van der Waals surface area contributed by atoms with Crippen LogP contribution in [0.5, 0.6) is 34.5 Å². The molecule has 0 fully saturated rings. The van der Waals surface area contributed by atoms with Crippen molar-refractivity contribution in [3.63, 3.8) is 0 Å². The van der Waals surface area contributed by atoms with Crippen LogP contribution >= 0.6 is 0 Å². The Morgan fingerprint density at radius 2 is 0.820 bits per heavy atom. The molecule has 286 valence electrons. The monoisotopic (exact) mass is 712 g/mol. The van der Waals surface area contributed by atoms with Gasteiger partial charge in [-0.15, -0.1) is 0 Å². The van der Waals surface area contributed by atoms with E-state index in [-0.39, 0.29) is 11.1 Å². The van der Waals surface area contributed by atoms with Crippen molar-refractivity contribution in [2.75, 3.05) is 52.6 Å². The van der Waals surface area contributed by atoms with Gasteiger partial charge >= 0.3 is 11.9 Å². The third-order valence-electron chi connectivity index (χ3n) is 7.42. The molecule has 0 saturated carbocycles. The molecule has 2 aromatic carbocycles. The molecule has 50 heavy (non-hydrogen) atoms. The Labute approximate surface area is 295 Å². The SMILES string of the molecule is CCCCCCCC[NH2+]CCOCCOCC[NH2+]CCCCCCCC.O=C(O)c1cc(O)c([O-])c(O)c1.O=C(O)c1cc(O)c([O-])c(O)c1. The summed E-state index contributed by atoms with van der Waals surface area (Å²) >= 11 is 0. The highest BCUT2D eigenvalue weighted by atomic mass is 16.5. The number of aromatic hydroxyl groups is 4. The molecule has 0 radical (unpaired) electrons. The summed E-state index contributed by atoms with van der Waals surface area (Å²) in [6.45, 7) is 12.4. The molecule has 2 aromatic rings. The molecule has 0 aliphatic carbocycles. The summed E-state index contributed by atoms with van der Waals surface area (Å²) in [5, 5.41) is 78.1. The predicted molar refractivity (Wildman–Crippen MR) is 184 cm³/mol. The van der Waals surface area contributed by atoms with E-state index in [1.165, 1.54) is 90.1 Å². The molecule has 0 saturated heterocycles. The van der Waals surface area contributed by atoms with Gasteiger partial charge in [0.15, 0.2) is 0 Å². The van der Waals surface area contributed by atoms with Gasteiger partial charge in [-0.25, -0.2) is 9.59 Å². The van der Waals surface area contributed by atoms with E-state index in [2.05, 4.69) is 24.5 Å². The van der Waals surface area contributed by atoms with Crippen molar-refractivity contribution in [1.29, 1.82) is 0 Å². The molecule has 0 spiro atoms. The zero-order chi connectivity index (χ0) is 37.6. The molecule has 0 heterocycles. The predicted octanol–water partition coefficient (Wildman–Crippen LogP) is 2.61. The van der Waals surface area contributed by atoms with Crippen molar-refractivity contribution in [3.05, 3.63) is 35.4 Å². The molecule has 0 aliphatic rings. The lowest BCUT2D eigenvalue weighted by Gasteiger charge is -2.10. The summed E-state index contributed by atoms with van der Waals surface area (Å²) in [6, 6.07) is 3.13. The van der Waals surface area contributed by atoms with Crippen LogP contribution in [0, 0.1) is 0 Å². The number of carboxylic acids is 2. The fraction of sp³-hybridized carbons (Fsp3) is 0.611. The minimum atomic E-state index is -1.32. The van der Waals surface area contributed by atoms with Crippen molar-refractivity contribution in [2.24, 2.45) is 0 Å². The first-order valence-corrected chi connectivity index (χ1v) is 17.7. The number of quaternary nitrogens is 2. The number of aromatic carboxylic acids is 2. The number of hydrogen-bond donors (Lipinski definition) is 8. The van der Waals surface area contributed by atoms with Gasteiger partial charge in [-0.1, -0.05) is 65.2 Å². The summed E-state index contributed by atoms with van der Waals surface area (Å²) in [4.78, 5) is 20.6. The molecule has 14 heteroatoms. The van der Waals surface area contributed by atoms with Gasteiger partial charge in [0.25, 0.3) is 0 Å². The average molecular weight is 713 g/mol. The second-order valence-electron chi connectivity index (χ2n) is 11.8. The molecule has 0 bridgehead atoms. The molecular weight excluding hydrogens is 652 g/mol. The number of ether oxygens (including phenoxy) is 2. The lowest BCUT2D eigenvalue weighted by atomic mass is 10.1. The summed E-state index contributed by atoms with van der Waals surface area (Å²) in [5.74, 6) is -7.67. The van der Waals surface area contributed by atoms with Crippen LogP contribution in [0.1, 0.15) is 112 Å². The fourth-order valence-corrected chi connectivity index (χ4v) is 4.53. The Morgan fingerprint density at radius 1 is 0.520 bits per heavy atom. The van der Waals surface area contributed by atoms with Crippen LogP contribution in [0.15, 0.2) is 24.3 Å². The number of hydrogen-bond acceptors (Lipinski definition) is 10. The Balaban J connectivity index is 0.000000820. The minimum absolute atomic E-state index is 0.329. The topological polar surface area (TPSA) is 253 Å². The summed E-state index contributed by atoms with van der Waals surface area (Å²) in [5.41, 5.74) is -0.658. The van der Waals surface area contributed by atoms with Crippen molar-refractivity contribution < 1.29 is 70.5 Å². The highest BCUT2D eigenvalue weighted by molar-refractivity contribution is 5.89. The van der Waals surface area contributed by atoms with Gasteiger partial charge in [-0.3, -0.25) is 0 Å². The second kappa shape index (κ2) is 29.9. The minimum Gasteiger partial charge on any atom is -0.867 e. The molecular formula is C36H60N2O12. The van der Waals surface area contributed by atoms with Gasteiger partial charge in [0, 0.05) is 0 Å². The summed E-state index contributed by atoms with van der Waals surface area (Å²) in [7, 11) is 0. The van der Waals surface area contributed by atoms with E-state index in [0.717, 1.165) is 63.8 Å². The largest absolute Gasteiger partial charge is 0.867 e. The van der Waals surface area contributed by atoms with E-state index in [1.807, 2.05) is 0 Å². The van der Waals surface area contributed by atoms with Crippen LogP contribution < -0.4 is 20.8 Å². The molecule has 0 unspecified atom stereocenters. The summed E-state index contributed by atoms with van der Waals surface area (Å²) in [6.07, 6.45) is 16.6. The number of unbranched alkanes of at least 4 members (excludes halogenated alkanes) is 10. The maximum atomic E-state index is 10.7.